The van der Waals surface area contributed by atoms with Gasteiger partial charge in [0.2, 0.25) is 0 Å². The summed E-state index contributed by atoms with van der Waals surface area (Å²) in [7, 11) is 0. The monoisotopic (exact) mass is 822 g/mol. The average Bonchev–Trinajstić information content (AvgIpc) is 3.80. The van der Waals surface area contributed by atoms with Crippen LogP contribution in [-0.2, 0) is 12.4 Å². The predicted octanol–water partition coefficient (Wildman–Crippen LogP) is 14.7. The van der Waals surface area contributed by atoms with Crippen LogP contribution in [0, 0.1) is 22.7 Å². The highest BCUT2D eigenvalue weighted by Gasteiger charge is 2.37. The molecule has 10 heteroatoms. The number of hydrogen-bond donors (Lipinski definition) is 0. The van der Waals surface area contributed by atoms with E-state index >= 15 is 26.3 Å². The molecule has 0 fully saturated rings. The van der Waals surface area contributed by atoms with Gasteiger partial charge in [-0.05, 0) is 106 Å². The van der Waals surface area contributed by atoms with Gasteiger partial charge in [-0.2, -0.15) is 36.9 Å². The largest absolute Gasteiger partial charge is 0.418 e. The number of hydrogen-bond acceptors (Lipinski definition) is 2. The lowest BCUT2D eigenvalue weighted by molar-refractivity contribution is -0.138. The van der Waals surface area contributed by atoms with Crippen LogP contribution in [0.25, 0.3) is 88.4 Å². The average molecular weight is 823 g/mol. The Morgan fingerprint density at radius 3 is 1.11 bits per heavy atom. The van der Waals surface area contributed by atoms with E-state index in [2.05, 4.69) is 12.1 Å². The molecule has 298 valence electrons. The molecule has 0 aliphatic carbocycles. The fraction of sp³-hybridized carbons (Fsp3) is 0.0385. The summed E-state index contributed by atoms with van der Waals surface area (Å²) >= 11 is 0. The Balaban J connectivity index is 1.20. The van der Waals surface area contributed by atoms with Gasteiger partial charge in [0.1, 0.15) is 0 Å². The fourth-order valence-corrected chi connectivity index (χ4v) is 8.74. The van der Waals surface area contributed by atoms with E-state index in [9.17, 15) is 10.5 Å². The Kier molecular flexibility index (Phi) is 8.79. The van der Waals surface area contributed by atoms with Gasteiger partial charge in [-0.3, -0.25) is 0 Å². The van der Waals surface area contributed by atoms with E-state index in [0.29, 0.717) is 77.0 Å². The zero-order valence-electron chi connectivity index (χ0n) is 32.2. The Bertz CT molecular complexity index is 3300. The Morgan fingerprint density at radius 2 is 0.710 bits per heavy atom. The van der Waals surface area contributed by atoms with Crippen molar-refractivity contribution in [2.24, 2.45) is 0 Å². The molecule has 0 aliphatic heterocycles. The summed E-state index contributed by atoms with van der Waals surface area (Å²) in [6.45, 7) is 0. The molecule has 0 unspecified atom stereocenters. The van der Waals surface area contributed by atoms with E-state index < -0.39 is 23.5 Å². The van der Waals surface area contributed by atoms with Crippen molar-refractivity contribution in [3.63, 3.8) is 0 Å². The number of nitrogens with zero attached hydrogens (tertiary/aromatic N) is 4. The second-order valence-electron chi connectivity index (χ2n) is 14.9. The number of benzene rings is 8. The first-order valence-electron chi connectivity index (χ1n) is 19.4. The number of rotatable bonds is 5. The van der Waals surface area contributed by atoms with E-state index in [4.69, 9.17) is 0 Å². The van der Waals surface area contributed by atoms with Crippen LogP contribution < -0.4 is 0 Å². The lowest BCUT2D eigenvalue weighted by atomic mass is 9.98. The smallest absolute Gasteiger partial charge is 0.309 e. The van der Waals surface area contributed by atoms with Crippen molar-refractivity contribution in [3.8, 4) is 56.9 Å². The van der Waals surface area contributed by atoms with Crippen molar-refractivity contribution < 1.29 is 26.3 Å². The molecule has 0 saturated carbocycles. The van der Waals surface area contributed by atoms with Crippen molar-refractivity contribution >= 4 is 43.6 Å². The first-order valence-corrected chi connectivity index (χ1v) is 19.4. The van der Waals surface area contributed by atoms with Crippen LogP contribution in [0.4, 0.5) is 26.3 Å². The third-order valence-electron chi connectivity index (χ3n) is 11.5. The SMILES string of the molecule is N#Cc1ccccc1-c1ccc2c(c1)c1ccccc1n2-c1cc(-c2ccc(C(F)(F)F)c(-n3c4ccccc4c4cc(-c5ccccc5C#N)ccc43)c2)ccc1C(F)(F)F. The summed E-state index contributed by atoms with van der Waals surface area (Å²) in [4.78, 5) is 0. The van der Waals surface area contributed by atoms with Crippen LogP contribution in [0.15, 0.2) is 170 Å². The molecular formula is C52H28F6N4. The summed E-state index contributed by atoms with van der Waals surface area (Å²) in [6, 6.07) is 50.8. The van der Waals surface area contributed by atoms with E-state index in [0.717, 1.165) is 12.1 Å². The van der Waals surface area contributed by atoms with Crippen LogP contribution in [0.3, 0.4) is 0 Å². The van der Waals surface area contributed by atoms with E-state index in [-0.39, 0.29) is 22.5 Å². The lowest BCUT2D eigenvalue weighted by Gasteiger charge is -2.20. The zero-order valence-corrected chi connectivity index (χ0v) is 32.2. The van der Waals surface area contributed by atoms with Crippen molar-refractivity contribution in [3.05, 3.63) is 192 Å². The number of nitriles is 2. The standard InChI is InChI=1S/C52H28F6N4/c53-51(54,55)43-21-17-31(27-49(43)61-45-15-7-5-13-39(45)41-25-33(19-23-47(41)61)37-11-3-1-9-35(37)29-59)32-18-22-44(52(56,57)58)50(28-32)62-46-16-8-6-14-40(46)42-26-34(20-24-48(42)62)38-12-4-2-10-36(38)30-60/h1-28H. The van der Waals surface area contributed by atoms with Crippen LogP contribution in [-0.4, -0.2) is 9.13 Å². The quantitative estimate of drug-likeness (QED) is 0.162. The molecule has 0 N–H and O–H groups in total. The molecule has 4 nitrogen and oxygen atoms in total. The van der Waals surface area contributed by atoms with Gasteiger partial charge in [-0.1, -0.05) is 97.1 Å². The Morgan fingerprint density at radius 1 is 0.355 bits per heavy atom. The van der Waals surface area contributed by atoms with Gasteiger partial charge in [0.05, 0.1) is 67.8 Å². The highest BCUT2D eigenvalue weighted by molar-refractivity contribution is 6.12. The first kappa shape index (κ1) is 38.1. The second-order valence-corrected chi connectivity index (χ2v) is 14.9. The van der Waals surface area contributed by atoms with E-state index in [1.54, 1.807) is 84.9 Å². The molecule has 0 radical (unpaired) electrons. The van der Waals surface area contributed by atoms with Crippen molar-refractivity contribution in [2.75, 3.05) is 0 Å². The number of halogens is 6. The fourth-order valence-electron chi connectivity index (χ4n) is 8.74. The summed E-state index contributed by atoms with van der Waals surface area (Å²) in [5, 5.41) is 22.3. The lowest BCUT2D eigenvalue weighted by Crippen LogP contribution is -2.12. The van der Waals surface area contributed by atoms with Crippen molar-refractivity contribution in [2.45, 2.75) is 12.4 Å². The third-order valence-corrected chi connectivity index (χ3v) is 11.5. The molecule has 2 heterocycles. The van der Waals surface area contributed by atoms with E-state index in [1.165, 1.54) is 33.4 Å². The van der Waals surface area contributed by atoms with Crippen LogP contribution >= 0.6 is 0 Å². The summed E-state index contributed by atoms with van der Waals surface area (Å²) in [6.07, 6.45) is -9.59. The highest BCUT2D eigenvalue weighted by atomic mass is 19.4. The molecule has 2 aromatic heterocycles. The Hall–Kier alpha value is -8.08. The van der Waals surface area contributed by atoms with Gasteiger partial charge >= 0.3 is 12.4 Å². The van der Waals surface area contributed by atoms with Gasteiger partial charge in [-0.25, -0.2) is 0 Å². The predicted molar refractivity (Wildman–Crippen MR) is 231 cm³/mol. The molecule has 8 aromatic carbocycles. The highest BCUT2D eigenvalue weighted by Crippen LogP contribution is 2.45. The minimum Gasteiger partial charge on any atom is -0.309 e. The number of alkyl halides is 6. The maximum atomic E-state index is 15.1. The molecule has 0 atom stereocenters. The van der Waals surface area contributed by atoms with Gasteiger partial charge in [0, 0.05) is 21.5 Å². The van der Waals surface area contributed by atoms with Crippen LogP contribution in [0.5, 0.6) is 0 Å². The zero-order chi connectivity index (χ0) is 42.9. The maximum Gasteiger partial charge on any atom is 0.418 e. The molecule has 10 rings (SSSR count). The Labute approximate surface area is 350 Å². The van der Waals surface area contributed by atoms with Crippen molar-refractivity contribution in [1.29, 1.82) is 10.5 Å². The van der Waals surface area contributed by atoms with Crippen molar-refractivity contribution in [1.82, 2.24) is 9.13 Å². The number of aromatic nitrogens is 2. The van der Waals surface area contributed by atoms with Crippen LogP contribution in [0.2, 0.25) is 0 Å². The van der Waals surface area contributed by atoms with Gasteiger partial charge in [-0.15, -0.1) is 0 Å². The molecule has 0 bridgehead atoms. The maximum absolute atomic E-state index is 15.1. The van der Waals surface area contributed by atoms with E-state index in [1.807, 2.05) is 48.5 Å². The topological polar surface area (TPSA) is 57.4 Å². The minimum absolute atomic E-state index is 0.199. The number of fused-ring (bicyclic) bond motifs is 6. The summed E-state index contributed by atoms with van der Waals surface area (Å²) < 4.78 is 93.5. The normalized spacial score (nSPS) is 12.0. The molecule has 10 aromatic rings. The second kappa shape index (κ2) is 14.3. The van der Waals surface area contributed by atoms with Gasteiger partial charge in [0.25, 0.3) is 0 Å². The minimum atomic E-state index is -4.79. The third kappa shape index (κ3) is 6.15. The summed E-state index contributed by atoms with van der Waals surface area (Å²) in [5.74, 6) is 0. The molecule has 62 heavy (non-hydrogen) atoms. The first-order chi connectivity index (χ1) is 29.9. The molecule has 0 aliphatic rings. The van der Waals surface area contributed by atoms with Crippen LogP contribution in [0.1, 0.15) is 22.3 Å². The molecule has 0 saturated heterocycles. The summed E-state index contributed by atoms with van der Waals surface area (Å²) in [5.41, 5.74) is 3.91. The van der Waals surface area contributed by atoms with Gasteiger partial charge in [0.15, 0.2) is 0 Å². The van der Waals surface area contributed by atoms with Gasteiger partial charge < -0.3 is 9.13 Å². The molecular weight excluding hydrogens is 795 g/mol. The number of para-hydroxylation sites is 2. The molecule has 0 spiro atoms. The molecule has 0 amide bonds.